The lowest BCUT2D eigenvalue weighted by atomic mass is 10.1. The summed E-state index contributed by atoms with van der Waals surface area (Å²) in [5, 5.41) is 3.21. The van der Waals surface area contributed by atoms with Crippen molar-refractivity contribution in [2.45, 2.75) is 38.8 Å². The Labute approximate surface area is 125 Å². The van der Waals surface area contributed by atoms with E-state index in [1.165, 1.54) is 0 Å². The first-order chi connectivity index (χ1) is 9.85. The predicted molar refractivity (Wildman–Crippen MR) is 82.3 cm³/mol. The Bertz CT molecular complexity index is 593. The van der Waals surface area contributed by atoms with Gasteiger partial charge in [-0.1, -0.05) is 0 Å². The first-order valence-electron chi connectivity index (χ1n) is 7.14. The highest BCUT2D eigenvalue weighted by Crippen LogP contribution is 2.18. The smallest absolute Gasteiger partial charge is 0.338 e. The highest BCUT2D eigenvalue weighted by molar-refractivity contribution is 7.91. The second-order valence-electron chi connectivity index (χ2n) is 5.63. The van der Waals surface area contributed by atoms with Crippen LogP contribution in [0.4, 0.5) is 5.69 Å². The molecule has 1 heterocycles. The number of hydrogen-bond acceptors (Lipinski definition) is 5. The van der Waals surface area contributed by atoms with E-state index in [2.05, 4.69) is 5.32 Å². The molecule has 6 heteroatoms. The monoisotopic (exact) mass is 311 g/mol. The lowest BCUT2D eigenvalue weighted by molar-refractivity contribution is 0.0378. The van der Waals surface area contributed by atoms with Crippen LogP contribution >= 0.6 is 0 Å². The van der Waals surface area contributed by atoms with Crippen molar-refractivity contribution in [2.75, 3.05) is 16.8 Å². The van der Waals surface area contributed by atoms with Gasteiger partial charge in [-0.25, -0.2) is 13.2 Å². The van der Waals surface area contributed by atoms with Crippen LogP contribution in [-0.4, -0.2) is 38.0 Å². The maximum absolute atomic E-state index is 11.7. The van der Waals surface area contributed by atoms with Crippen LogP contribution < -0.4 is 5.32 Å². The van der Waals surface area contributed by atoms with Gasteiger partial charge in [0.1, 0.15) is 0 Å². The molecule has 0 spiro atoms. The Hall–Kier alpha value is -1.56. The van der Waals surface area contributed by atoms with Crippen molar-refractivity contribution in [2.24, 2.45) is 0 Å². The SMILES string of the molecule is CC(C)OC(=O)c1ccc(NC2CCCS(=O)(=O)C2)cc1. The van der Waals surface area contributed by atoms with Crippen molar-refractivity contribution in [3.05, 3.63) is 29.8 Å². The number of anilines is 1. The Morgan fingerprint density at radius 3 is 2.52 bits per heavy atom. The zero-order chi connectivity index (χ0) is 15.5. The number of carbonyl (C=O) groups excluding carboxylic acids is 1. The number of hydrogen-bond donors (Lipinski definition) is 1. The second kappa shape index (κ2) is 6.47. The highest BCUT2D eigenvalue weighted by atomic mass is 32.2. The molecular formula is C15H21NO4S. The third kappa shape index (κ3) is 4.74. The van der Waals surface area contributed by atoms with Gasteiger partial charge < -0.3 is 10.1 Å². The van der Waals surface area contributed by atoms with Crippen molar-refractivity contribution in [1.82, 2.24) is 0 Å². The van der Waals surface area contributed by atoms with E-state index < -0.39 is 9.84 Å². The molecular weight excluding hydrogens is 290 g/mol. The number of sulfone groups is 1. The van der Waals surface area contributed by atoms with E-state index in [1.807, 2.05) is 0 Å². The fraction of sp³-hybridized carbons (Fsp3) is 0.533. The van der Waals surface area contributed by atoms with Gasteiger partial charge in [0.25, 0.3) is 0 Å². The van der Waals surface area contributed by atoms with Crippen LogP contribution in [0.2, 0.25) is 0 Å². The summed E-state index contributed by atoms with van der Waals surface area (Å²) < 4.78 is 28.3. The Morgan fingerprint density at radius 1 is 1.29 bits per heavy atom. The van der Waals surface area contributed by atoms with Crippen molar-refractivity contribution >= 4 is 21.5 Å². The quantitative estimate of drug-likeness (QED) is 0.863. The lowest BCUT2D eigenvalue weighted by Crippen LogP contribution is -2.34. The molecule has 0 aliphatic carbocycles. The molecule has 1 unspecified atom stereocenters. The molecule has 0 aromatic heterocycles. The summed E-state index contributed by atoms with van der Waals surface area (Å²) in [6.45, 7) is 3.61. The molecule has 116 valence electrons. The summed E-state index contributed by atoms with van der Waals surface area (Å²) in [4.78, 5) is 11.7. The molecule has 1 aliphatic heterocycles. The number of carbonyl (C=O) groups is 1. The minimum absolute atomic E-state index is 0.0581. The molecule has 0 amide bonds. The van der Waals surface area contributed by atoms with E-state index in [9.17, 15) is 13.2 Å². The molecule has 1 aromatic carbocycles. The predicted octanol–water partition coefficient (Wildman–Crippen LogP) is 2.24. The van der Waals surface area contributed by atoms with E-state index in [-0.39, 0.29) is 29.6 Å². The fourth-order valence-electron chi connectivity index (χ4n) is 2.36. The maximum atomic E-state index is 11.7. The van der Waals surface area contributed by atoms with Gasteiger partial charge in [-0.3, -0.25) is 0 Å². The number of benzene rings is 1. The van der Waals surface area contributed by atoms with Crippen molar-refractivity contribution in [3.8, 4) is 0 Å². The second-order valence-corrected chi connectivity index (χ2v) is 7.86. The minimum Gasteiger partial charge on any atom is -0.459 e. The van der Waals surface area contributed by atoms with Gasteiger partial charge in [0.2, 0.25) is 0 Å². The van der Waals surface area contributed by atoms with E-state index in [0.29, 0.717) is 12.0 Å². The first kappa shape index (κ1) is 15.8. The molecule has 5 nitrogen and oxygen atoms in total. The van der Waals surface area contributed by atoms with Gasteiger partial charge in [0.15, 0.2) is 9.84 Å². The van der Waals surface area contributed by atoms with Crippen LogP contribution in [0.1, 0.15) is 37.0 Å². The molecule has 1 atom stereocenters. The lowest BCUT2D eigenvalue weighted by Gasteiger charge is -2.24. The zero-order valence-electron chi connectivity index (χ0n) is 12.3. The Balaban J connectivity index is 1.98. The summed E-state index contributed by atoms with van der Waals surface area (Å²) in [7, 11) is -2.92. The molecule has 1 aromatic rings. The molecule has 21 heavy (non-hydrogen) atoms. The standard InChI is InChI=1S/C15H21NO4S/c1-11(2)20-15(17)12-5-7-13(8-6-12)16-14-4-3-9-21(18,19)10-14/h5-8,11,14,16H,3-4,9-10H2,1-2H3. The van der Waals surface area contributed by atoms with Crippen LogP contribution in [0.15, 0.2) is 24.3 Å². The van der Waals surface area contributed by atoms with Gasteiger partial charge >= 0.3 is 5.97 Å². The van der Waals surface area contributed by atoms with Crippen LogP contribution in [0, 0.1) is 0 Å². The van der Waals surface area contributed by atoms with E-state index >= 15 is 0 Å². The van der Waals surface area contributed by atoms with Crippen LogP contribution in [0.25, 0.3) is 0 Å². The van der Waals surface area contributed by atoms with Gasteiger partial charge in [0, 0.05) is 11.7 Å². The van der Waals surface area contributed by atoms with E-state index in [4.69, 9.17) is 4.74 Å². The average Bonchev–Trinajstić information content (AvgIpc) is 2.37. The highest BCUT2D eigenvalue weighted by Gasteiger charge is 2.24. The summed E-state index contributed by atoms with van der Waals surface area (Å²) in [5.74, 6) is 0.103. The number of nitrogens with one attached hydrogen (secondary N) is 1. The number of esters is 1. The number of ether oxygens (including phenoxy) is 1. The molecule has 1 N–H and O–H groups in total. The Morgan fingerprint density at radius 2 is 1.95 bits per heavy atom. The molecule has 0 bridgehead atoms. The van der Waals surface area contributed by atoms with E-state index in [1.54, 1.807) is 38.1 Å². The first-order valence-corrected chi connectivity index (χ1v) is 8.96. The van der Waals surface area contributed by atoms with Gasteiger partial charge in [-0.05, 0) is 51.0 Å². The largest absolute Gasteiger partial charge is 0.459 e. The van der Waals surface area contributed by atoms with Crippen molar-refractivity contribution in [1.29, 1.82) is 0 Å². The van der Waals surface area contributed by atoms with Gasteiger partial charge in [0.05, 0.1) is 23.2 Å². The molecule has 0 saturated carbocycles. The average molecular weight is 311 g/mol. The Kier molecular flexibility index (Phi) is 4.88. The third-order valence-corrected chi connectivity index (χ3v) is 5.12. The summed E-state index contributed by atoms with van der Waals surface area (Å²) >= 11 is 0. The third-order valence-electron chi connectivity index (χ3n) is 3.30. The van der Waals surface area contributed by atoms with Crippen molar-refractivity contribution < 1.29 is 17.9 Å². The van der Waals surface area contributed by atoms with E-state index in [0.717, 1.165) is 12.1 Å². The zero-order valence-corrected chi connectivity index (χ0v) is 13.2. The van der Waals surface area contributed by atoms with Crippen molar-refractivity contribution in [3.63, 3.8) is 0 Å². The van der Waals surface area contributed by atoms with Crippen LogP contribution in [0.5, 0.6) is 0 Å². The molecule has 1 saturated heterocycles. The summed E-state index contributed by atoms with van der Waals surface area (Å²) in [5.41, 5.74) is 1.31. The molecule has 2 rings (SSSR count). The number of rotatable bonds is 4. The normalized spacial score (nSPS) is 21.0. The topological polar surface area (TPSA) is 72.5 Å². The van der Waals surface area contributed by atoms with Crippen LogP contribution in [0.3, 0.4) is 0 Å². The van der Waals surface area contributed by atoms with Gasteiger partial charge in [-0.15, -0.1) is 0 Å². The molecule has 1 aliphatic rings. The van der Waals surface area contributed by atoms with Crippen LogP contribution in [-0.2, 0) is 14.6 Å². The molecule has 0 radical (unpaired) electrons. The molecule has 1 fully saturated rings. The van der Waals surface area contributed by atoms with Gasteiger partial charge in [-0.2, -0.15) is 0 Å². The summed E-state index contributed by atoms with van der Waals surface area (Å²) in [6.07, 6.45) is 1.39. The minimum atomic E-state index is -2.92. The maximum Gasteiger partial charge on any atom is 0.338 e. The fourth-order valence-corrected chi connectivity index (χ4v) is 3.99. The summed E-state index contributed by atoms with van der Waals surface area (Å²) in [6, 6.07) is 6.86.